The number of rotatable bonds is 2. The van der Waals surface area contributed by atoms with Crippen LogP contribution in [-0.2, 0) is 10.0 Å². The minimum atomic E-state index is -3.49. The van der Waals surface area contributed by atoms with E-state index in [0.717, 1.165) is 13.1 Å². The first-order valence-electron chi connectivity index (χ1n) is 6.74. The van der Waals surface area contributed by atoms with Gasteiger partial charge in [-0.15, -0.1) is 0 Å². The maximum atomic E-state index is 12.8. The first-order valence-corrected chi connectivity index (χ1v) is 8.18. The monoisotopic (exact) mass is 291 g/mol. The summed E-state index contributed by atoms with van der Waals surface area (Å²) in [6.45, 7) is 4.72. The highest BCUT2D eigenvalue weighted by molar-refractivity contribution is 7.89. The molecule has 0 amide bonds. The molecule has 2 heterocycles. The van der Waals surface area contributed by atoms with E-state index < -0.39 is 10.0 Å². The van der Waals surface area contributed by atoms with Gasteiger partial charge in [0.1, 0.15) is 0 Å². The minimum Gasteiger partial charge on any atom is -0.316 e. The van der Waals surface area contributed by atoms with Crippen molar-refractivity contribution < 1.29 is 8.42 Å². The van der Waals surface area contributed by atoms with E-state index in [9.17, 15) is 8.42 Å². The van der Waals surface area contributed by atoms with Crippen molar-refractivity contribution in [3.05, 3.63) is 29.3 Å². The molecule has 2 aliphatic heterocycles. The van der Waals surface area contributed by atoms with Crippen LogP contribution < -0.4 is 5.32 Å². The molecule has 0 saturated carbocycles. The molecule has 1 N–H and O–H groups in total. The van der Waals surface area contributed by atoms with Crippen molar-refractivity contribution in [2.75, 3.05) is 26.2 Å². The lowest BCUT2D eigenvalue weighted by Crippen LogP contribution is -2.32. The zero-order valence-electron chi connectivity index (χ0n) is 11.3. The number of nitrogens with one attached hydrogen (secondary N) is 1. The van der Waals surface area contributed by atoms with Crippen LogP contribution in [0, 0.1) is 30.1 Å². The highest BCUT2D eigenvalue weighted by atomic mass is 32.2. The Morgan fingerprint density at radius 2 is 1.95 bits per heavy atom. The van der Waals surface area contributed by atoms with Crippen molar-refractivity contribution in [3.8, 4) is 6.07 Å². The second-order valence-electron chi connectivity index (χ2n) is 5.59. The lowest BCUT2D eigenvalue weighted by molar-refractivity contribution is 0.447. The van der Waals surface area contributed by atoms with Crippen molar-refractivity contribution in [2.45, 2.75) is 11.8 Å². The SMILES string of the molecule is Cc1ccc(C#N)cc1S(=O)(=O)N1CC2CNCC2C1. The molecule has 2 fully saturated rings. The average molecular weight is 291 g/mol. The molecule has 0 bridgehead atoms. The maximum absolute atomic E-state index is 12.8. The van der Waals surface area contributed by atoms with E-state index in [1.165, 1.54) is 6.07 Å². The number of nitriles is 1. The molecule has 0 radical (unpaired) electrons. The average Bonchev–Trinajstić information content (AvgIpc) is 3.00. The molecular formula is C14H17N3O2S. The van der Waals surface area contributed by atoms with E-state index in [1.54, 1.807) is 23.4 Å². The summed E-state index contributed by atoms with van der Waals surface area (Å²) < 4.78 is 27.1. The predicted octanol–water partition coefficient (Wildman–Crippen LogP) is 0.707. The van der Waals surface area contributed by atoms with Crippen LogP contribution >= 0.6 is 0 Å². The second-order valence-corrected chi connectivity index (χ2v) is 7.50. The Kier molecular flexibility index (Phi) is 3.28. The van der Waals surface area contributed by atoms with Gasteiger partial charge in [-0.1, -0.05) is 6.07 Å². The molecule has 5 nitrogen and oxygen atoms in total. The molecule has 6 heteroatoms. The Balaban J connectivity index is 1.95. The summed E-state index contributed by atoms with van der Waals surface area (Å²) >= 11 is 0. The van der Waals surface area contributed by atoms with Crippen molar-refractivity contribution in [1.29, 1.82) is 5.26 Å². The fourth-order valence-electron chi connectivity index (χ4n) is 3.10. The molecule has 0 spiro atoms. The van der Waals surface area contributed by atoms with Gasteiger partial charge in [0.05, 0.1) is 16.5 Å². The zero-order valence-corrected chi connectivity index (χ0v) is 12.2. The van der Waals surface area contributed by atoms with Crippen LogP contribution in [0.5, 0.6) is 0 Å². The van der Waals surface area contributed by atoms with Gasteiger partial charge in [-0.2, -0.15) is 9.57 Å². The number of nitrogens with zero attached hydrogens (tertiary/aromatic N) is 2. The molecule has 0 aromatic heterocycles. The van der Waals surface area contributed by atoms with Crippen LogP contribution in [0.4, 0.5) is 0 Å². The smallest absolute Gasteiger partial charge is 0.243 e. The third-order valence-electron chi connectivity index (χ3n) is 4.29. The van der Waals surface area contributed by atoms with Crippen molar-refractivity contribution >= 4 is 10.0 Å². The number of sulfonamides is 1. The van der Waals surface area contributed by atoms with Crippen molar-refractivity contribution in [2.24, 2.45) is 11.8 Å². The van der Waals surface area contributed by atoms with Crippen molar-refractivity contribution in [3.63, 3.8) is 0 Å². The number of hydrogen-bond donors (Lipinski definition) is 1. The topological polar surface area (TPSA) is 73.2 Å². The van der Waals surface area contributed by atoms with Crippen LogP contribution in [0.15, 0.2) is 23.1 Å². The lowest BCUT2D eigenvalue weighted by Gasteiger charge is -2.19. The molecule has 2 aliphatic rings. The summed E-state index contributed by atoms with van der Waals surface area (Å²) in [4.78, 5) is 0.268. The van der Waals surface area contributed by atoms with Gasteiger partial charge in [0.15, 0.2) is 0 Å². The van der Waals surface area contributed by atoms with Gasteiger partial charge in [-0.05, 0) is 49.5 Å². The molecule has 20 heavy (non-hydrogen) atoms. The molecule has 1 aromatic carbocycles. The second kappa shape index (κ2) is 4.85. The first-order chi connectivity index (χ1) is 9.52. The van der Waals surface area contributed by atoms with Crippen LogP contribution in [0.25, 0.3) is 0 Å². The minimum absolute atomic E-state index is 0.268. The molecular weight excluding hydrogens is 274 g/mol. The van der Waals surface area contributed by atoms with Gasteiger partial charge >= 0.3 is 0 Å². The van der Waals surface area contributed by atoms with Crippen molar-refractivity contribution in [1.82, 2.24) is 9.62 Å². The van der Waals surface area contributed by atoms with E-state index in [0.29, 0.717) is 36.1 Å². The van der Waals surface area contributed by atoms with Gasteiger partial charge in [-0.25, -0.2) is 8.42 Å². The molecule has 2 unspecified atom stereocenters. The molecule has 2 atom stereocenters. The quantitative estimate of drug-likeness (QED) is 0.871. The van der Waals surface area contributed by atoms with Gasteiger partial charge in [-0.3, -0.25) is 0 Å². The molecule has 1 aromatic rings. The van der Waals surface area contributed by atoms with E-state index in [2.05, 4.69) is 5.32 Å². The Bertz CT molecular complexity index is 666. The van der Waals surface area contributed by atoms with Crippen LogP contribution in [0.3, 0.4) is 0 Å². The Morgan fingerprint density at radius 3 is 2.55 bits per heavy atom. The van der Waals surface area contributed by atoms with E-state index in [4.69, 9.17) is 5.26 Å². The Morgan fingerprint density at radius 1 is 1.30 bits per heavy atom. The summed E-state index contributed by atoms with van der Waals surface area (Å²) in [5.74, 6) is 0.841. The van der Waals surface area contributed by atoms with Gasteiger partial charge in [0, 0.05) is 13.1 Å². The third kappa shape index (κ3) is 2.12. The molecule has 106 valence electrons. The summed E-state index contributed by atoms with van der Waals surface area (Å²) in [6, 6.07) is 6.84. The van der Waals surface area contributed by atoms with Crippen LogP contribution in [0.1, 0.15) is 11.1 Å². The highest BCUT2D eigenvalue weighted by Crippen LogP contribution is 2.31. The number of fused-ring (bicyclic) bond motifs is 1. The van der Waals surface area contributed by atoms with Crippen LogP contribution in [-0.4, -0.2) is 38.9 Å². The number of hydrogen-bond acceptors (Lipinski definition) is 4. The maximum Gasteiger partial charge on any atom is 0.243 e. The predicted molar refractivity (Wildman–Crippen MR) is 74.5 cm³/mol. The normalized spacial score (nSPS) is 26.4. The Hall–Kier alpha value is -1.42. The molecule has 0 aliphatic carbocycles. The lowest BCUT2D eigenvalue weighted by atomic mass is 10.0. The largest absolute Gasteiger partial charge is 0.316 e. The zero-order chi connectivity index (χ0) is 14.3. The first kappa shape index (κ1) is 13.6. The van der Waals surface area contributed by atoms with Gasteiger partial charge in [0.2, 0.25) is 10.0 Å². The van der Waals surface area contributed by atoms with E-state index >= 15 is 0 Å². The van der Waals surface area contributed by atoms with E-state index in [1.807, 2.05) is 6.07 Å². The fourth-order valence-corrected chi connectivity index (χ4v) is 4.90. The number of aryl methyl sites for hydroxylation is 1. The summed E-state index contributed by atoms with van der Waals surface area (Å²) in [6.07, 6.45) is 0. The summed E-state index contributed by atoms with van der Waals surface area (Å²) in [5.41, 5.74) is 1.08. The standard InChI is InChI=1S/C14H17N3O2S/c1-10-2-3-11(5-15)4-14(10)20(18,19)17-8-12-6-16-7-13(12)9-17/h2-4,12-13,16H,6-9H2,1H3. The third-order valence-corrected chi connectivity index (χ3v) is 6.26. The van der Waals surface area contributed by atoms with Gasteiger partial charge in [0.25, 0.3) is 0 Å². The highest BCUT2D eigenvalue weighted by Gasteiger charge is 2.41. The summed E-state index contributed by atoms with van der Waals surface area (Å²) in [5, 5.41) is 12.2. The van der Waals surface area contributed by atoms with Gasteiger partial charge < -0.3 is 5.32 Å². The number of benzene rings is 1. The van der Waals surface area contributed by atoms with E-state index in [-0.39, 0.29) is 4.90 Å². The molecule has 3 rings (SSSR count). The van der Waals surface area contributed by atoms with Crippen LogP contribution in [0.2, 0.25) is 0 Å². The Labute approximate surface area is 119 Å². The molecule has 2 saturated heterocycles. The summed E-state index contributed by atoms with van der Waals surface area (Å²) in [7, 11) is -3.49. The fraction of sp³-hybridized carbons (Fsp3) is 0.500.